The van der Waals surface area contributed by atoms with Crippen molar-refractivity contribution in [1.29, 1.82) is 0 Å². The van der Waals surface area contributed by atoms with Crippen LogP contribution in [0.25, 0.3) is 0 Å². The van der Waals surface area contributed by atoms with E-state index < -0.39 is 5.97 Å². The molecule has 0 saturated heterocycles. The Morgan fingerprint density at radius 1 is 0.629 bits per heavy atom. The second-order valence-corrected chi connectivity index (χ2v) is 9.45. The monoisotopic (exact) mass is 514 g/mol. The van der Waals surface area contributed by atoms with Gasteiger partial charge < -0.3 is 9.84 Å². The summed E-state index contributed by atoms with van der Waals surface area (Å²) in [5.41, 5.74) is 0. The van der Waals surface area contributed by atoms with E-state index in [1.807, 2.05) is 0 Å². The maximum atomic E-state index is 10.7. The highest BCUT2D eigenvalue weighted by atomic mass is 32.1. The van der Waals surface area contributed by atoms with Crippen molar-refractivity contribution in [2.75, 3.05) is 12.4 Å². The van der Waals surface area contributed by atoms with Gasteiger partial charge in [-0.2, -0.15) is 12.6 Å². The minimum absolute atomic E-state index is 0.305. The summed E-state index contributed by atoms with van der Waals surface area (Å²) in [5.74, 6) is -0.220. The first kappa shape index (κ1) is 38.3. The highest BCUT2D eigenvalue weighted by Gasteiger charge is 1.96. The van der Waals surface area contributed by atoms with Crippen LogP contribution in [0.15, 0.2) is 25.3 Å². The van der Waals surface area contributed by atoms with Crippen LogP contribution in [0.5, 0.6) is 0 Å². The fraction of sp³-hybridized carbons (Fsp3) is 0.800. The van der Waals surface area contributed by atoms with Crippen molar-refractivity contribution in [3.8, 4) is 0 Å². The van der Waals surface area contributed by atoms with Gasteiger partial charge in [-0.3, -0.25) is 0 Å². The third-order valence-electron chi connectivity index (χ3n) is 5.60. The molecule has 1 N–H and O–H groups in total. The van der Waals surface area contributed by atoms with E-state index in [9.17, 15) is 9.59 Å². The Labute approximate surface area is 223 Å². The molecule has 0 aromatic carbocycles. The van der Waals surface area contributed by atoms with E-state index in [2.05, 4.69) is 39.6 Å². The van der Waals surface area contributed by atoms with Gasteiger partial charge in [0.15, 0.2) is 0 Å². The van der Waals surface area contributed by atoms with Crippen LogP contribution in [0.3, 0.4) is 0 Å². The van der Waals surface area contributed by atoms with Crippen LogP contribution in [0.4, 0.5) is 0 Å². The average Bonchev–Trinajstić information content (AvgIpc) is 2.87. The molecule has 0 aliphatic rings. The smallest absolute Gasteiger partial charge is 0.330 e. The number of aliphatic carboxylic acids is 1. The van der Waals surface area contributed by atoms with Crippen molar-refractivity contribution < 1.29 is 19.4 Å². The fourth-order valence-corrected chi connectivity index (χ4v) is 3.64. The lowest BCUT2D eigenvalue weighted by Crippen LogP contribution is -2.01. The maximum absolute atomic E-state index is 10.7. The summed E-state index contributed by atoms with van der Waals surface area (Å²) >= 11 is 4.20. The number of rotatable bonds is 23. The van der Waals surface area contributed by atoms with Crippen molar-refractivity contribution in [2.24, 2.45) is 0 Å². The molecule has 0 saturated carbocycles. The minimum atomic E-state index is -0.981. The maximum Gasteiger partial charge on any atom is 0.330 e. The topological polar surface area (TPSA) is 63.6 Å². The zero-order valence-corrected chi connectivity index (χ0v) is 24.1. The molecule has 0 aromatic rings. The standard InChI is InChI=1S/C15H28O2.C12H26S.C3H4O2/c1-3-5-6-7-8-9-10-11-12-13-14-17-15(16)4-2;1-2-3-4-5-6-7-8-9-10-11-12-13;1-2-3(4)5/h4H,2-3,5-14H2,1H3;13H,2-12H2,1H3;2H,1H2,(H,4,5). The number of unbranched alkanes of at least 4 members (excludes halogenated alkanes) is 18. The van der Waals surface area contributed by atoms with Crippen LogP contribution in [0.1, 0.15) is 142 Å². The van der Waals surface area contributed by atoms with Gasteiger partial charge in [-0.15, -0.1) is 0 Å². The number of hydrogen-bond donors (Lipinski definition) is 2. The molecule has 35 heavy (non-hydrogen) atoms. The van der Waals surface area contributed by atoms with Gasteiger partial charge in [0.25, 0.3) is 0 Å². The highest BCUT2D eigenvalue weighted by Crippen LogP contribution is 2.11. The number of esters is 1. The van der Waals surface area contributed by atoms with Gasteiger partial charge in [0.05, 0.1) is 6.61 Å². The van der Waals surface area contributed by atoms with Crippen molar-refractivity contribution in [2.45, 2.75) is 142 Å². The molecule has 0 aliphatic heterocycles. The molecule has 0 atom stereocenters. The van der Waals surface area contributed by atoms with Gasteiger partial charge >= 0.3 is 11.9 Å². The third-order valence-corrected chi connectivity index (χ3v) is 5.91. The highest BCUT2D eigenvalue weighted by molar-refractivity contribution is 7.80. The molecule has 0 rings (SSSR count). The average molecular weight is 515 g/mol. The van der Waals surface area contributed by atoms with Crippen molar-refractivity contribution >= 4 is 24.6 Å². The molecule has 0 fully saturated rings. The third kappa shape index (κ3) is 46.7. The Morgan fingerprint density at radius 3 is 1.23 bits per heavy atom. The largest absolute Gasteiger partial charge is 0.478 e. The zero-order valence-electron chi connectivity index (χ0n) is 23.2. The van der Waals surface area contributed by atoms with Crippen LogP contribution >= 0.6 is 12.6 Å². The summed E-state index contributed by atoms with van der Waals surface area (Å²) in [6, 6.07) is 0. The van der Waals surface area contributed by atoms with E-state index in [1.54, 1.807) is 0 Å². The fourth-order valence-electron chi connectivity index (χ4n) is 3.42. The lowest BCUT2D eigenvalue weighted by atomic mass is 10.1. The first-order chi connectivity index (χ1) is 17.0. The lowest BCUT2D eigenvalue weighted by molar-refractivity contribution is -0.138. The number of ether oxygens (including phenoxy) is 1. The number of carbonyl (C=O) groups is 2. The Balaban J connectivity index is -0.000000502. The van der Waals surface area contributed by atoms with Gasteiger partial charge in [-0.1, -0.05) is 143 Å². The van der Waals surface area contributed by atoms with Gasteiger partial charge in [0.1, 0.15) is 0 Å². The molecule has 0 aliphatic carbocycles. The molecule has 0 unspecified atom stereocenters. The SMILES string of the molecule is C=CC(=O)O.C=CC(=O)OCCCCCCCCCCCC.CCCCCCCCCCCCS. The molecular weight excluding hydrogens is 456 g/mol. The second kappa shape index (κ2) is 37.3. The van der Waals surface area contributed by atoms with Crippen LogP contribution in [-0.4, -0.2) is 29.4 Å². The molecule has 0 spiro atoms. The number of carbonyl (C=O) groups excluding carboxylic acids is 1. The van der Waals surface area contributed by atoms with Crippen molar-refractivity contribution in [3.63, 3.8) is 0 Å². The molecule has 0 amide bonds. The number of thiol groups is 1. The van der Waals surface area contributed by atoms with E-state index in [1.165, 1.54) is 128 Å². The minimum Gasteiger partial charge on any atom is -0.478 e. The molecule has 0 radical (unpaired) electrons. The van der Waals surface area contributed by atoms with Gasteiger partial charge in [-0.05, 0) is 18.6 Å². The Hall–Kier alpha value is -1.23. The van der Waals surface area contributed by atoms with Gasteiger partial charge in [0.2, 0.25) is 0 Å². The summed E-state index contributed by atoms with van der Waals surface area (Å²) in [5, 5.41) is 7.60. The van der Waals surface area contributed by atoms with E-state index in [4.69, 9.17) is 9.84 Å². The van der Waals surface area contributed by atoms with E-state index in [0.29, 0.717) is 6.61 Å². The van der Waals surface area contributed by atoms with Crippen molar-refractivity contribution in [3.05, 3.63) is 25.3 Å². The molecule has 0 bridgehead atoms. The summed E-state index contributed by atoms with van der Waals surface area (Å²) in [7, 11) is 0. The molecular formula is C30H58O4S. The lowest BCUT2D eigenvalue weighted by Gasteiger charge is -2.03. The summed E-state index contributed by atoms with van der Waals surface area (Å²) in [4.78, 5) is 20.0. The predicted molar refractivity (Wildman–Crippen MR) is 157 cm³/mol. The number of hydrogen-bond acceptors (Lipinski definition) is 4. The molecule has 208 valence electrons. The van der Waals surface area contributed by atoms with Gasteiger partial charge in [0, 0.05) is 12.2 Å². The summed E-state index contributed by atoms with van der Waals surface area (Å²) < 4.78 is 4.91. The summed E-state index contributed by atoms with van der Waals surface area (Å²) in [6.07, 6.45) is 29.2. The Morgan fingerprint density at radius 2 is 0.943 bits per heavy atom. The zero-order chi connectivity index (χ0) is 26.8. The van der Waals surface area contributed by atoms with E-state index in [0.717, 1.165) is 18.2 Å². The molecule has 4 nitrogen and oxygen atoms in total. The normalized spacial score (nSPS) is 9.80. The molecule has 0 heterocycles. The predicted octanol–water partition coefficient (Wildman–Crippen LogP) is 9.73. The number of carboxylic acids is 1. The van der Waals surface area contributed by atoms with Crippen LogP contribution < -0.4 is 0 Å². The van der Waals surface area contributed by atoms with Crippen molar-refractivity contribution in [1.82, 2.24) is 0 Å². The van der Waals surface area contributed by atoms with Crippen LogP contribution in [0, 0.1) is 0 Å². The molecule has 0 aromatic heterocycles. The summed E-state index contributed by atoms with van der Waals surface area (Å²) in [6.45, 7) is 11.4. The van der Waals surface area contributed by atoms with Crippen LogP contribution in [-0.2, 0) is 14.3 Å². The number of carboxylic acid groups (broad SMARTS) is 1. The second-order valence-electron chi connectivity index (χ2n) is 9.00. The van der Waals surface area contributed by atoms with Crippen LogP contribution in [0.2, 0.25) is 0 Å². The Kier molecular flexibility index (Phi) is 40.8. The quantitative estimate of drug-likeness (QED) is 0.0616. The first-order valence-corrected chi connectivity index (χ1v) is 14.9. The van der Waals surface area contributed by atoms with Gasteiger partial charge in [-0.25, -0.2) is 9.59 Å². The van der Waals surface area contributed by atoms with E-state index >= 15 is 0 Å². The Bertz CT molecular complexity index is 442. The van der Waals surface area contributed by atoms with E-state index in [-0.39, 0.29) is 5.97 Å². The molecule has 5 heteroatoms. The first-order valence-electron chi connectivity index (χ1n) is 14.2.